The highest BCUT2D eigenvalue weighted by Crippen LogP contribution is 2.14. The van der Waals surface area contributed by atoms with E-state index in [4.69, 9.17) is 0 Å². The minimum absolute atomic E-state index is 0.275. The molecule has 1 heterocycles. The molecule has 0 fully saturated rings. The Hall–Kier alpha value is -2.39. The van der Waals surface area contributed by atoms with Gasteiger partial charge in [-0.05, 0) is 30.7 Å². The Morgan fingerprint density at radius 1 is 1.19 bits per heavy atom. The second-order valence-corrected chi connectivity index (χ2v) is 8.08. The summed E-state index contributed by atoms with van der Waals surface area (Å²) in [4.78, 5) is 4.82. The maximum absolute atomic E-state index is 12.1. The van der Waals surface area contributed by atoms with Gasteiger partial charge in [0.1, 0.15) is 0 Å². The molecule has 2 rings (SSSR count). The average molecular weight is 379 g/mol. The van der Waals surface area contributed by atoms with Crippen molar-refractivity contribution in [2.24, 2.45) is 12.0 Å². The number of aryl methyl sites for hydroxylation is 1. The maximum atomic E-state index is 12.1. The second kappa shape index (κ2) is 8.81. The summed E-state index contributed by atoms with van der Waals surface area (Å²) in [5.74, 6) is 0.693. The van der Waals surface area contributed by atoms with Crippen LogP contribution in [0.25, 0.3) is 0 Å². The molecule has 0 unspecified atom stereocenters. The van der Waals surface area contributed by atoms with Gasteiger partial charge in [-0.25, -0.2) is 17.7 Å². The van der Waals surface area contributed by atoms with Gasteiger partial charge in [0.15, 0.2) is 5.96 Å². The van der Waals surface area contributed by atoms with Gasteiger partial charge in [0.25, 0.3) is 0 Å². The Bertz CT molecular complexity index is 840. The first kappa shape index (κ1) is 19.9. The number of nitrogens with zero attached hydrogens (tertiary/aromatic N) is 4. The molecule has 1 aromatic carbocycles. The Balaban J connectivity index is 2.03. The van der Waals surface area contributed by atoms with E-state index in [2.05, 4.69) is 20.7 Å². The molecule has 0 amide bonds. The first-order valence-corrected chi connectivity index (χ1v) is 9.79. The fourth-order valence-corrected chi connectivity index (χ4v) is 3.14. The molecule has 142 valence electrons. The highest BCUT2D eigenvalue weighted by Gasteiger charge is 2.16. The Labute approximate surface area is 155 Å². The van der Waals surface area contributed by atoms with E-state index in [1.54, 1.807) is 35.1 Å². The molecule has 0 saturated heterocycles. The first-order chi connectivity index (χ1) is 12.3. The van der Waals surface area contributed by atoms with Gasteiger partial charge in [-0.1, -0.05) is 12.1 Å². The van der Waals surface area contributed by atoms with E-state index < -0.39 is 10.0 Å². The van der Waals surface area contributed by atoms with Gasteiger partial charge in [0, 0.05) is 33.9 Å². The monoisotopic (exact) mass is 378 g/mol. The van der Waals surface area contributed by atoms with Crippen molar-refractivity contribution in [3.8, 4) is 0 Å². The highest BCUT2D eigenvalue weighted by atomic mass is 32.2. The lowest BCUT2D eigenvalue weighted by molar-refractivity contribution is 0.520. The Morgan fingerprint density at radius 3 is 2.42 bits per heavy atom. The summed E-state index contributed by atoms with van der Waals surface area (Å²) in [5, 5.41) is 10.6. The van der Waals surface area contributed by atoms with Crippen LogP contribution in [0.2, 0.25) is 0 Å². The first-order valence-electron chi connectivity index (χ1n) is 8.35. The van der Waals surface area contributed by atoms with Gasteiger partial charge < -0.3 is 10.6 Å². The summed E-state index contributed by atoms with van der Waals surface area (Å²) >= 11 is 0. The lowest BCUT2D eigenvalue weighted by Crippen LogP contribution is -2.37. The number of hydrogen-bond acceptors (Lipinski definition) is 4. The van der Waals surface area contributed by atoms with E-state index in [0.29, 0.717) is 19.0 Å². The number of rotatable bonds is 7. The number of guanidine groups is 1. The number of hydrogen-bond donors (Lipinski definition) is 2. The van der Waals surface area contributed by atoms with Crippen LogP contribution in [0.5, 0.6) is 0 Å². The molecule has 0 aliphatic carbocycles. The van der Waals surface area contributed by atoms with Gasteiger partial charge in [0.2, 0.25) is 10.0 Å². The SMILES string of the molecule is CCNC(=NCc1ccc(S(=O)(=O)N(C)C)cc1)NCc1ccnn1C. The number of aromatic nitrogens is 2. The second-order valence-electron chi connectivity index (χ2n) is 5.93. The zero-order chi connectivity index (χ0) is 19.2. The largest absolute Gasteiger partial charge is 0.357 e. The summed E-state index contributed by atoms with van der Waals surface area (Å²) in [6, 6.07) is 8.72. The molecule has 0 spiro atoms. The van der Waals surface area contributed by atoms with Gasteiger partial charge in [-0.3, -0.25) is 4.68 Å². The number of aliphatic imine (C=N–C) groups is 1. The third-order valence-corrected chi connectivity index (χ3v) is 5.65. The smallest absolute Gasteiger partial charge is 0.242 e. The number of benzene rings is 1. The van der Waals surface area contributed by atoms with Crippen molar-refractivity contribution in [3.05, 3.63) is 47.8 Å². The van der Waals surface area contributed by atoms with E-state index in [-0.39, 0.29) is 4.90 Å². The topological polar surface area (TPSA) is 91.6 Å². The molecule has 26 heavy (non-hydrogen) atoms. The van der Waals surface area contributed by atoms with Crippen LogP contribution in [0.1, 0.15) is 18.2 Å². The standard InChI is InChI=1S/C17H26N6O2S/c1-5-18-17(20-13-15-10-11-21-23(15)4)19-12-14-6-8-16(9-7-14)26(24,25)22(2)3/h6-11H,5,12-13H2,1-4H3,(H2,18,19,20). The Kier molecular flexibility index (Phi) is 6.76. The quantitative estimate of drug-likeness (QED) is 0.552. The van der Waals surface area contributed by atoms with Crippen LogP contribution >= 0.6 is 0 Å². The molecule has 0 aliphatic rings. The third-order valence-electron chi connectivity index (χ3n) is 3.83. The number of sulfonamides is 1. The lowest BCUT2D eigenvalue weighted by atomic mass is 10.2. The predicted octanol–water partition coefficient (Wildman–Crippen LogP) is 0.926. The van der Waals surface area contributed by atoms with Crippen molar-refractivity contribution >= 4 is 16.0 Å². The summed E-state index contributed by atoms with van der Waals surface area (Å²) in [6.07, 6.45) is 1.75. The minimum atomic E-state index is -3.41. The average Bonchev–Trinajstić information content (AvgIpc) is 3.02. The van der Waals surface area contributed by atoms with Gasteiger partial charge in [-0.2, -0.15) is 5.10 Å². The highest BCUT2D eigenvalue weighted by molar-refractivity contribution is 7.89. The van der Waals surface area contributed by atoms with Crippen molar-refractivity contribution in [2.45, 2.75) is 24.9 Å². The number of nitrogens with one attached hydrogen (secondary N) is 2. The molecule has 8 nitrogen and oxygen atoms in total. The van der Waals surface area contributed by atoms with Crippen LogP contribution in [0.4, 0.5) is 0 Å². The van der Waals surface area contributed by atoms with E-state index in [1.165, 1.54) is 18.4 Å². The molecule has 0 radical (unpaired) electrons. The van der Waals surface area contributed by atoms with Crippen molar-refractivity contribution in [1.82, 2.24) is 24.7 Å². The molecule has 0 atom stereocenters. The summed E-state index contributed by atoms with van der Waals surface area (Å²) in [7, 11) is 1.52. The third kappa shape index (κ3) is 5.06. The fraction of sp³-hybridized carbons (Fsp3) is 0.412. The zero-order valence-electron chi connectivity index (χ0n) is 15.6. The fourth-order valence-electron chi connectivity index (χ4n) is 2.24. The lowest BCUT2D eigenvalue weighted by Gasteiger charge is -2.12. The van der Waals surface area contributed by atoms with Gasteiger partial charge in [0.05, 0.1) is 23.7 Å². The van der Waals surface area contributed by atoms with Gasteiger partial charge >= 0.3 is 0 Å². The normalized spacial score (nSPS) is 12.4. The molecular formula is C17H26N6O2S. The van der Waals surface area contributed by atoms with Crippen LogP contribution < -0.4 is 10.6 Å². The zero-order valence-corrected chi connectivity index (χ0v) is 16.4. The predicted molar refractivity (Wildman–Crippen MR) is 102 cm³/mol. The van der Waals surface area contributed by atoms with Crippen LogP contribution in [-0.2, 0) is 30.2 Å². The molecule has 9 heteroatoms. The van der Waals surface area contributed by atoms with E-state index in [0.717, 1.165) is 17.8 Å². The molecule has 2 N–H and O–H groups in total. The van der Waals surface area contributed by atoms with Crippen molar-refractivity contribution < 1.29 is 8.42 Å². The van der Waals surface area contributed by atoms with E-state index in [1.807, 2.05) is 20.0 Å². The maximum Gasteiger partial charge on any atom is 0.242 e. The van der Waals surface area contributed by atoms with Crippen molar-refractivity contribution in [2.75, 3.05) is 20.6 Å². The van der Waals surface area contributed by atoms with Crippen LogP contribution in [0.3, 0.4) is 0 Å². The minimum Gasteiger partial charge on any atom is -0.357 e. The molecule has 0 aliphatic heterocycles. The van der Waals surface area contributed by atoms with Crippen molar-refractivity contribution in [3.63, 3.8) is 0 Å². The van der Waals surface area contributed by atoms with Crippen LogP contribution in [-0.4, -0.2) is 49.1 Å². The summed E-state index contributed by atoms with van der Waals surface area (Å²) in [6.45, 7) is 3.81. The molecular weight excluding hydrogens is 352 g/mol. The molecule has 1 aromatic heterocycles. The molecule has 0 bridgehead atoms. The van der Waals surface area contributed by atoms with Crippen molar-refractivity contribution in [1.29, 1.82) is 0 Å². The molecule has 2 aromatic rings. The van der Waals surface area contributed by atoms with Crippen LogP contribution in [0, 0.1) is 0 Å². The molecule has 0 saturated carbocycles. The summed E-state index contributed by atoms with van der Waals surface area (Å²) in [5.41, 5.74) is 1.98. The van der Waals surface area contributed by atoms with E-state index in [9.17, 15) is 8.42 Å². The Morgan fingerprint density at radius 2 is 1.88 bits per heavy atom. The van der Waals surface area contributed by atoms with E-state index >= 15 is 0 Å². The summed E-state index contributed by atoms with van der Waals surface area (Å²) < 4.78 is 27.2. The van der Waals surface area contributed by atoms with Gasteiger partial charge in [-0.15, -0.1) is 0 Å². The van der Waals surface area contributed by atoms with Crippen LogP contribution in [0.15, 0.2) is 46.4 Å².